The van der Waals surface area contributed by atoms with Gasteiger partial charge in [-0.3, -0.25) is 4.79 Å². The van der Waals surface area contributed by atoms with Gasteiger partial charge < -0.3 is 19.9 Å². The van der Waals surface area contributed by atoms with E-state index in [-0.39, 0.29) is 5.91 Å². The number of carbonyl (C=O) groups is 1. The Labute approximate surface area is 117 Å². The molecule has 1 fully saturated rings. The Hall–Kier alpha value is -1.59. The first-order valence-electron chi connectivity index (χ1n) is 6.97. The van der Waals surface area contributed by atoms with Crippen molar-refractivity contribution in [2.24, 2.45) is 0 Å². The molecule has 0 saturated carbocycles. The first-order valence-corrected chi connectivity index (χ1v) is 6.97. The summed E-state index contributed by atoms with van der Waals surface area (Å²) in [6.45, 7) is 3.53. The van der Waals surface area contributed by atoms with Gasteiger partial charge in [0.15, 0.2) is 0 Å². The van der Waals surface area contributed by atoms with Crippen LogP contribution in [0.25, 0.3) is 0 Å². The summed E-state index contributed by atoms with van der Waals surface area (Å²) in [7, 11) is 0. The molecule has 5 nitrogen and oxygen atoms in total. The summed E-state index contributed by atoms with van der Waals surface area (Å²) in [6, 6.07) is 5.25. The Kier molecular flexibility index (Phi) is 3.40. The molecule has 1 aromatic carbocycles. The highest BCUT2D eigenvalue weighted by Gasteiger charge is 2.38. The largest absolute Gasteiger partial charge is 0.491 e. The quantitative estimate of drug-likeness (QED) is 0.857. The Morgan fingerprint density at radius 2 is 2.25 bits per heavy atom. The number of ether oxygens (including phenoxy) is 2. The van der Waals surface area contributed by atoms with E-state index in [1.165, 1.54) is 0 Å². The molecule has 0 radical (unpaired) electrons. The van der Waals surface area contributed by atoms with Gasteiger partial charge in [0.1, 0.15) is 18.5 Å². The van der Waals surface area contributed by atoms with Crippen molar-refractivity contribution in [2.75, 3.05) is 19.8 Å². The molecule has 0 spiro atoms. The summed E-state index contributed by atoms with van der Waals surface area (Å²) < 4.78 is 11.2. The molecule has 1 amide bonds. The fraction of sp³-hybridized carbons (Fsp3) is 0.533. The second-order valence-corrected chi connectivity index (χ2v) is 5.53. The van der Waals surface area contributed by atoms with Gasteiger partial charge in [-0.25, -0.2) is 0 Å². The molecular formula is C15H19NO4. The lowest BCUT2D eigenvalue weighted by atomic mass is 9.89. The van der Waals surface area contributed by atoms with Crippen LogP contribution in [0.3, 0.4) is 0 Å². The van der Waals surface area contributed by atoms with E-state index in [1.54, 1.807) is 18.2 Å². The van der Waals surface area contributed by atoms with Crippen LogP contribution >= 0.6 is 0 Å². The van der Waals surface area contributed by atoms with Gasteiger partial charge in [-0.1, -0.05) is 6.07 Å². The van der Waals surface area contributed by atoms with E-state index in [9.17, 15) is 9.90 Å². The molecule has 1 aromatic rings. The van der Waals surface area contributed by atoms with E-state index in [1.807, 2.05) is 6.92 Å². The Morgan fingerprint density at radius 3 is 3.00 bits per heavy atom. The number of carbonyl (C=O) groups excluding carboxylic acids is 1. The molecule has 0 aliphatic carbocycles. The summed E-state index contributed by atoms with van der Waals surface area (Å²) in [5.41, 5.74) is 0.588. The minimum atomic E-state index is -0.744. The average Bonchev–Trinajstić information content (AvgIpc) is 2.82. The van der Waals surface area contributed by atoms with Crippen molar-refractivity contribution in [1.82, 2.24) is 5.32 Å². The zero-order valence-corrected chi connectivity index (χ0v) is 11.5. The fourth-order valence-electron chi connectivity index (χ4n) is 2.81. The lowest BCUT2D eigenvalue weighted by molar-refractivity contribution is -0.0796. The molecule has 2 aliphatic rings. The van der Waals surface area contributed by atoms with Gasteiger partial charge >= 0.3 is 0 Å². The normalized spacial score (nSPS) is 27.2. The number of fused-ring (bicyclic) bond motifs is 1. The third-order valence-electron chi connectivity index (χ3n) is 4.04. The third kappa shape index (κ3) is 2.27. The minimum Gasteiger partial charge on any atom is -0.491 e. The van der Waals surface area contributed by atoms with Crippen LogP contribution in [0.4, 0.5) is 0 Å². The summed E-state index contributed by atoms with van der Waals surface area (Å²) in [4.78, 5) is 12.0. The standard InChI is InChI=1S/C15H19NO4/c1-15(5-2-7-20-15)13(17)10-3-4-12-11(9-10)14(18)16-6-8-19-12/h3-4,9,13,17H,2,5-8H2,1H3,(H,16,18). The highest BCUT2D eigenvalue weighted by molar-refractivity contribution is 5.97. The Bertz CT molecular complexity index is 523. The molecule has 2 N–H and O–H groups in total. The number of hydrogen-bond acceptors (Lipinski definition) is 4. The molecule has 3 rings (SSSR count). The minimum absolute atomic E-state index is 0.163. The predicted octanol–water partition coefficient (Wildman–Crippen LogP) is 1.41. The summed E-state index contributed by atoms with van der Waals surface area (Å²) in [6.07, 6.45) is 1.02. The summed E-state index contributed by atoms with van der Waals surface area (Å²) in [5, 5.41) is 13.3. The molecule has 0 bridgehead atoms. The number of rotatable bonds is 2. The van der Waals surface area contributed by atoms with Crippen LogP contribution in [0.1, 0.15) is 41.8 Å². The SMILES string of the molecule is CC1(C(O)c2ccc3c(c2)C(=O)NCCO3)CCCO1. The zero-order valence-electron chi connectivity index (χ0n) is 11.5. The van der Waals surface area contributed by atoms with Crippen LogP contribution in [0.2, 0.25) is 0 Å². The first kappa shape index (κ1) is 13.4. The second-order valence-electron chi connectivity index (χ2n) is 5.53. The Morgan fingerprint density at radius 1 is 1.40 bits per heavy atom. The number of benzene rings is 1. The lowest BCUT2D eigenvalue weighted by Crippen LogP contribution is -2.32. The van der Waals surface area contributed by atoms with E-state index in [0.29, 0.717) is 36.6 Å². The first-order chi connectivity index (χ1) is 9.60. The molecule has 108 valence electrons. The number of aliphatic hydroxyl groups is 1. The van der Waals surface area contributed by atoms with Gasteiger partial charge in [-0.05, 0) is 37.5 Å². The van der Waals surface area contributed by atoms with E-state index in [4.69, 9.17) is 9.47 Å². The maximum atomic E-state index is 12.0. The molecule has 2 unspecified atom stereocenters. The van der Waals surface area contributed by atoms with Crippen LogP contribution in [0.15, 0.2) is 18.2 Å². The van der Waals surface area contributed by atoms with Crippen LogP contribution in [0.5, 0.6) is 5.75 Å². The van der Waals surface area contributed by atoms with E-state index in [2.05, 4.69) is 5.32 Å². The van der Waals surface area contributed by atoms with Gasteiger partial charge in [-0.2, -0.15) is 0 Å². The topological polar surface area (TPSA) is 67.8 Å². The van der Waals surface area contributed by atoms with Crippen LogP contribution < -0.4 is 10.1 Å². The van der Waals surface area contributed by atoms with Crippen molar-refractivity contribution in [1.29, 1.82) is 0 Å². The molecule has 2 aliphatic heterocycles. The monoisotopic (exact) mass is 277 g/mol. The maximum absolute atomic E-state index is 12.0. The smallest absolute Gasteiger partial charge is 0.255 e. The molecule has 1 saturated heterocycles. The van der Waals surface area contributed by atoms with Gasteiger partial charge in [0.25, 0.3) is 5.91 Å². The summed E-state index contributed by atoms with van der Waals surface area (Å²) in [5.74, 6) is 0.400. The predicted molar refractivity (Wildman–Crippen MR) is 72.8 cm³/mol. The highest BCUT2D eigenvalue weighted by Crippen LogP contribution is 2.38. The van der Waals surface area contributed by atoms with Crippen LogP contribution in [-0.2, 0) is 4.74 Å². The third-order valence-corrected chi connectivity index (χ3v) is 4.04. The van der Waals surface area contributed by atoms with Crippen molar-refractivity contribution in [3.63, 3.8) is 0 Å². The van der Waals surface area contributed by atoms with Crippen molar-refractivity contribution < 1.29 is 19.4 Å². The van der Waals surface area contributed by atoms with Gasteiger partial charge in [0.2, 0.25) is 0 Å². The van der Waals surface area contributed by atoms with Crippen molar-refractivity contribution in [3.8, 4) is 5.75 Å². The number of aliphatic hydroxyl groups excluding tert-OH is 1. The van der Waals surface area contributed by atoms with E-state index < -0.39 is 11.7 Å². The molecule has 5 heteroatoms. The van der Waals surface area contributed by atoms with Crippen LogP contribution in [0, 0.1) is 0 Å². The van der Waals surface area contributed by atoms with Gasteiger partial charge in [0.05, 0.1) is 17.7 Å². The van der Waals surface area contributed by atoms with Crippen LogP contribution in [-0.4, -0.2) is 36.4 Å². The number of nitrogens with one attached hydrogen (secondary N) is 1. The van der Waals surface area contributed by atoms with Crippen molar-refractivity contribution in [2.45, 2.75) is 31.5 Å². The van der Waals surface area contributed by atoms with Gasteiger partial charge in [0, 0.05) is 6.61 Å². The molecule has 20 heavy (non-hydrogen) atoms. The second kappa shape index (κ2) is 5.07. The lowest BCUT2D eigenvalue weighted by Gasteiger charge is -2.29. The number of amides is 1. The Balaban J connectivity index is 1.93. The average molecular weight is 277 g/mol. The maximum Gasteiger partial charge on any atom is 0.255 e. The fourth-order valence-corrected chi connectivity index (χ4v) is 2.81. The molecule has 0 aromatic heterocycles. The zero-order chi connectivity index (χ0) is 14.2. The van der Waals surface area contributed by atoms with E-state index >= 15 is 0 Å². The highest BCUT2D eigenvalue weighted by atomic mass is 16.5. The molecular weight excluding hydrogens is 258 g/mol. The number of hydrogen-bond donors (Lipinski definition) is 2. The molecule has 2 atom stereocenters. The van der Waals surface area contributed by atoms with Crippen molar-refractivity contribution >= 4 is 5.91 Å². The van der Waals surface area contributed by atoms with Gasteiger partial charge in [-0.15, -0.1) is 0 Å². The van der Waals surface area contributed by atoms with Crippen molar-refractivity contribution in [3.05, 3.63) is 29.3 Å². The van der Waals surface area contributed by atoms with E-state index in [0.717, 1.165) is 12.8 Å². The summed E-state index contributed by atoms with van der Waals surface area (Å²) >= 11 is 0. The molecule has 2 heterocycles.